The first-order chi connectivity index (χ1) is 14.4. The van der Waals surface area contributed by atoms with Crippen LogP contribution in [0.3, 0.4) is 0 Å². The lowest BCUT2D eigenvalue weighted by atomic mass is 10.0. The fourth-order valence-electron chi connectivity index (χ4n) is 3.51. The van der Waals surface area contributed by atoms with Crippen LogP contribution in [0.5, 0.6) is 5.75 Å². The van der Waals surface area contributed by atoms with E-state index in [-0.39, 0.29) is 17.8 Å². The summed E-state index contributed by atoms with van der Waals surface area (Å²) in [5, 5.41) is 11.9. The lowest BCUT2D eigenvalue weighted by Crippen LogP contribution is -2.45. The van der Waals surface area contributed by atoms with E-state index in [2.05, 4.69) is 22.2 Å². The quantitative estimate of drug-likeness (QED) is 0.793. The molecule has 0 saturated carbocycles. The minimum absolute atomic E-state index is 0.307. The smallest absolute Gasteiger partial charge is 0.261 e. The van der Waals surface area contributed by atoms with Gasteiger partial charge in [-0.25, -0.2) is 4.39 Å². The van der Waals surface area contributed by atoms with Gasteiger partial charge < -0.3 is 19.9 Å². The van der Waals surface area contributed by atoms with E-state index < -0.39 is 6.10 Å². The van der Waals surface area contributed by atoms with Gasteiger partial charge in [0.2, 0.25) is 0 Å². The van der Waals surface area contributed by atoms with Gasteiger partial charge in [-0.2, -0.15) is 5.26 Å². The van der Waals surface area contributed by atoms with Gasteiger partial charge in [0.05, 0.1) is 17.7 Å². The number of piperazine rings is 1. The highest BCUT2D eigenvalue weighted by Crippen LogP contribution is 2.28. The predicted octanol–water partition coefficient (Wildman–Crippen LogP) is 3.09. The van der Waals surface area contributed by atoms with E-state index in [0.29, 0.717) is 11.3 Å². The number of hydrogen-bond acceptors (Lipinski definition) is 5. The maximum absolute atomic E-state index is 14.0. The monoisotopic (exact) mass is 410 g/mol. The summed E-state index contributed by atoms with van der Waals surface area (Å²) in [6.07, 6.45) is -0.762. The molecule has 0 bridgehead atoms. The van der Waals surface area contributed by atoms with Crippen molar-refractivity contribution >= 4 is 11.6 Å². The Hall–Kier alpha value is -3.11. The molecule has 3 rings (SSSR count). The number of benzene rings is 2. The number of carbonyl (C=O) groups is 1. The van der Waals surface area contributed by atoms with Gasteiger partial charge in [0.15, 0.2) is 6.10 Å². The number of likely N-dealkylation sites (N-methyl/N-ethyl adjacent to an activating group) is 1. The van der Waals surface area contributed by atoms with E-state index >= 15 is 0 Å². The van der Waals surface area contributed by atoms with Gasteiger partial charge in [0.25, 0.3) is 5.91 Å². The molecule has 7 heteroatoms. The van der Waals surface area contributed by atoms with Crippen molar-refractivity contribution in [2.45, 2.75) is 26.0 Å². The summed E-state index contributed by atoms with van der Waals surface area (Å²) in [5.74, 6) is -0.187. The first-order valence-electron chi connectivity index (χ1n) is 10.1. The van der Waals surface area contributed by atoms with Crippen LogP contribution in [0.25, 0.3) is 0 Å². The molecule has 1 fully saturated rings. The topological polar surface area (TPSA) is 68.6 Å². The molecule has 1 aliphatic rings. The molecule has 6 nitrogen and oxygen atoms in total. The average Bonchev–Trinajstić information content (AvgIpc) is 2.74. The first kappa shape index (κ1) is 21.6. The zero-order chi connectivity index (χ0) is 21.7. The molecule has 1 aliphatic heterocycles. The first-order valence-corrected chi connectivity index (χ1v) is 10.1. The summed E-state index contributed by atoms with van der Waals surface area (Å²) in [6.45, 7) is 7.06. The van der Waals surface area contributed by atoms with Crippen molar-refractivity contribution in [2.75, 3.05) is 38.1 Å². The summed E-state index contributed by atoms with van der Waals surface area (Å²) >= 11 is 0. The lowest BCUT2D eigenvalue weighted by molar-refractivity contribution is -0.127. The summed E-state index contributed by atoms with van der Waals surface area (Å²) in [5.41, 5.74) is 2.14. The minimum Gasteiger partial charge on any atom is -0.481 e. The highest BCUT2D eigenvalue weighted by atomic mass is 19.1. The van der Waals surface area contributed by atoms with Crippen LogP contribution < -0.4 is 15.0 Å². The zero-order valence-electron chi connectivity index (χ0n) is 17.6. The van der Waals surface area contributed by atoms with Crippen LogP contribution in [0.15, 0.2) is 42.5 Å². The molecule has 30 heavy (non-hydrogen) atoms. The molecule has 1 saturated heterocycles. The highest BCUT2D eigenvalue weighted by Gasteiger charge is 2.23. The Kier molecular flexibility index (Phi) is 6.91. The Bertz CT molecular complexity index is 935. The number of nitrogens with zero attached hydrogens (tertiary/aromatic N) is 3. The fourth-order valence-corrected chi connectivity index (χ4v) is 3.51. The van der Waals surface area contributed by atoms with Crippen LogP contribution in [0.4, 0.5) is 10.1 Å². The molecule has 2 aromatic rings. The van der Waals surface area contributed by atoms with Gasteiger partial charge in [0, 0.05) is 37.4 Å². The molecule has 1 N–H and O–H groups in total. The second kappa shape index (κ2) is 9.59. The fraction of sp³-hybridized carbons (Fsp3) is 0.391. The van der Waals surface area contributed by atoms with Crippen molar-refractivity contribution in [3.63, 3.8) is 0 Å². The van der Waals surface area contributed by atoms with E-state index in [1.165, 1.54) is 12.1 Å². The van der Waals surface area contributed by atoms with E-state index in [1.54, 1.807) is 37.3 Å². The van der Waals surface area contributed by atoms with Crippen molar-refractivity contribution in [1.29, 1.82) is 5.26 Å². The zero-order valence-corrected chi connectivity index (χ0v) is 17.6. The number of nitrogens with one attached hydrogen (secondary N) is 1. The maximum atomic E-state index is 14.0. The summed E-state index contributed by atoms with van der Waals surface area (Å²) in [4.78, 5) is 17.2. The second-order valence-electron chi connectivity index (χ2n) is 7.62. The molecule has 2 unspecified atom stereocenters. The Balaban J connectivity index is 1.70. The molecule has 0 radical (unpaired) electrons. The molecular weight excluding hydrogens is 383 g/mol. The molecule has 0 spiro atoms. The van der Waals surface area contributed by atoms with Crippen molar-refractivity contribution in [2.24, 2.45) is 0 Å². The Morgan fingerprint density at radius 1 is 1.17 bits per heavy atom. The molecule has 2 atom stereocenters. The van der Waals surface area contributed by atoms with Crippen molar-refractivity contribution in [3.8, 4) is 11.8 Å². The lowest BCUT2D eigenvalue weighted by Gasteiger charge is -2.36. The number of hydrogen-bond donors (Lipinski definition) is 1. The Morgan fingerprint density at radius 3 is 2.60 bits per heavy atom. The van der Waals surface area contributed by atoms with Crippen LogP contribution in [0.1, 0.15) is 31.0 Å². The predicted molar refractivity (Wildman–Crippen MR) is 114 cm³/mol. The maximum Gasteiger partial charge on any atom is 0.261 e. The third-order valence-corrected chi connectivity index (χ3v) is 5.30. The van der Waals surface area contributed by atoms with Gasteiger partial charge in [-0.05, 0) is 57.3 Å². The Morgan fingerprint density at radius 2 is 1.90 bits per heavy atom. The van der Waals surface area contributed by atoms with Gasteiger partial charge in [0.1, 0.15) is 11.6 Å². The number of halogens is 1. The standard InChI is InChI=1S/C23H27FN4O2/c1-16(26-23(29)17(2)30-20-6-4-5-18(13-20)15-25)21-14-19(24)7-8-22(21)28-11-9-27(3)10-12-28/h4-8,13-14,16-17H,9-12H2,1-3H3,(H,26,29). The molecule has 158 valence electrons. The third-order valence-electron chi connectivity index (χ3n) is 5.30. The van der Waals surface area contributed by atoms with E-state index in [0.717, 1.165) is 37.4 Å². The highest BCUT2D eigenvalue weighted by molar-refractivity contribution is 5.81. The van der Waals surface area contributed by atoms with Crippen LogP contribution >= 0.6 is 0 Å². The van der Waals surface area contributed by atoms with Crippen molar-refractivity contribution in [1.82, 2.24) is 10.2 Å². The summed E-state index contributed by atoms with van der Waals surface area (Å²) in [6, 6.07) is 13.0. The average molecular weight is 410 g/mol. The van der Waals surface area contributed by atoms with E-state index in [1.807, 2.05) is 13.0 Å². The molecular formula is C23H27FN4O2. The van der Waals surface area contributed by atoms with Crippen LogP contribution in [0.2, 0.25) is 0 Å². The van der Waals surface area contributed by atoms with Crippen molar-refractivity contribution in [3.05, 3.63) is 59.4 Å². The van der Waals surface area contributed by atoms with Gasteiger partial charge in [-0.3, -0.25) is 4.79 Å². The number of anilines is 1. The van der Waals surface area contributed by atoms with Crippen LogP contribution in [0, 0.1) is 17.1 Å². The minimum atomic E-state index is -0.762. The molecule has 1 amide bonds. The second-order valence-corrected chi connectivity index (χ2v) is 7.62. The normalized spacial score (nSPS) is 16.4. The number of carbonyl (C=O) groups excluding carboxylic acids is 1. The number of nitriles is 1. The third kappa shape index (κ3) is 5.28. The summed E-state index contributed by atoms with van der Waals surface area (Å²) < 4.78 is 19.7. The molecule has 2 aromatic carbocycles. The number of rotatable bonds is 6. The largest absolute Gasteiger partial charge is 0.481 e. The van der Waals surface area contributed by atoms with Crippen LogP contribution in [-0.2, 0) is 4.79 Å². The molecule has 0 aromatic heterocycles. The van der Waals surface area contributed by atoms with Crippen LogP contribution in [-0.4, -0.2) is 50.1 Å². The van der Waals surface area contributed by atoms with Gasteiger partial charge in [-0.15, -0.1) is 0 Å². The van der Waals surface area contributed by atoms with Gasteiger partial charge in [-0.1, -0.05) is 6.07 Å². The molecule has 1 heterocycles. The van der Waals surface area contributed by atoms with Crippen molar-refractivity contribution < 1.29 is 13.9 Å². The van der Waals surface area contributed by atoms with E-state index in [4.69, 9.17) is 10.00 Å². The summed E-state index contributed by atoms with van der Waals surface area (Å²) in [7, 11) is 2.08. The SMILES string of the molecule is CC(Oc1cccc(C#N)c1)C(=O)NC(C)c1cc(F)ccc1N1CCN(C)CC1. The number of ether oxygens (including phenoxy) is 1. The van der Waals surface area contributed by atoms with E-state index in [9.17, 15) is 9.18 Å². The molecule has 0 aliphatic carbocycles. The number of amides is 1. The van der Waals surface area contributed by atoms with Gasteiger partial charge >= 0.3 is 0 Å². The Labute approximate surface area is 176 Å².